The summed E-state index contributed by atoms with van der Waals surface area (Å²) in [6.07, 6.45) is 2.31. The first-order chi connectivity index (χ1) is 9.92. The van der Waals surface area contributed by atoms with Crippen LogP contribution in [0.5, 0.6) is 6.01 Å². The number of hydrogen-bond donors (Lipinski definition) is 2. The minimum Gasteiger partial charge on any atom is -0.480 e. The highest BCUT2D eigenvalue weighted by Crippen LogP contribution is 2.15. The van der Waals surface area contributed by atoms with Gasteiger partial charge in [-0.05, 0) is 30.4 Å². The van der Waals surface area contributed by atoms with Crippen LogP contribution >= 0.6 is 11.6 Å². The molecular weight excluding hydrogens is 296 g/mol. The Kier molecular flexibility index (Phi) is 7.14. The second-order valence-electron chi connectivity index (χ2n) is 5.08. The van der Waals surface area contributed by atoms with Crippen molar-refractivity contribution in [1.82, 2.24) is 15.0 Å². The Morgan fingerprint density at radius 1 is 1.38 bits per heavy atom. The standard InChI is InChI=1S/C13H21ClN4O3/c1-4-5-6-21-13-17-11(14)16-12(18-13)15-9(10(19)20)7-8(2)3/h8-9H,4-7H2,1-3H3,(H,19,20)(H,15,16,17,18)/t9-/m0/s1. The molecule has 0 saturated carbocycles. The molecule has 0 aliphatic rings. The molecule has 0 saturated heterocycles. The molecule has 1 aromatic rings. The quantitative estimate of drug-likeness (QED) is 0.676. The lowest BCUT2D eigenvalue weighted by atomic mass is 10.0. The zero-order valence-electron chi connectivity index (χ0n) is 12.5. The highest BCUT2D eigenvalue weighted by atomic mass is 35.5. The van der Waals surface area contributed by atoms with Gasteiger partial charge in [-0.2, -0.15) is 15.0 Å². The van der Waals surface area contributed by atoms with Crippen molar-refractivity contribution in [3.05, 3.63) is 5.28 Å². The van der Waals surface area contributed by atoms with Crippen LogP contribution in [0.15, 0.2) is 0 Å². The van der Waals surface area contributed by atoms with Crippen LogP contribution in [0.1, 0.15) is 40.0 Å². The third-order valence-corrected chi connectivity index (χ3v) is 2.79. The Morgan fingerprint density at radius 3 is 2.67 bits per heavy atom. The molecule has 1 aromatic heterocycles. The molecule has 0 unspecified atom stereocenters. The van der Waals surface area contributed by atoms with E-state index in [1.54, 1.807) is 0 Å². The molecule has 8 heteroatoms. The smallest absolute Gasteiger partial charge is 0.326 e. The molecule has 0 spiro atoms. The average molecular weight is 317 g/mol. The van der Waals surface area contributed by atoms with Gasteiger partial charge in [-0.25, -0.2) is 4.79 Å². The van der Waals surface area contributed by atoms with E-state index in [1.165, 1.54) is 0 Å². The molecule has 1 rings (SSSR count). The molecule has 1 heterocycles. The minimum absolute atomic E-state index is 0.0346. The van der Waals surface area contributed by atoms with Crippen LogP contribution in [-0.2, 0) is 4.79 Å². The van der Waals surface area contributed by atoms with Crippen molar-refractivity contribution >= 4 is 23.5 Å². The highest BCUT2D eigenvalue weighted by Gasteiger charge is 2.20. The van der Waals surface area contributed by atoms with E-state index >= 15 is 0 Å². The lowest BCUT2D eigenvalue weighted by molar-refractivity contribution is -0.138. The Balaban J connectivity index is 2.78. The molecule has 0 amide bonds. The average Bonchev–Trinajstić information content (AvgIpc) is 2.37. The summed E-state index contributed by atoms with van der Waals surface area (Å²) in [4.78, 5) is 23.0. The van der Waals surface area contributed by atoms with Crippen LogP contribution in [0, 0.1) is 5.92 Å². The van der Waals surface area contributed by atoms with Gasteiger partial charge in [-0.1, -0.05) is 27.2 Å². The molecule has 7 nitrogen and oxygen atoms in total. The van der Waals surface area contributed by atoms with E-state index in [4.69, 9.17) is 16.3 Å². The van der Waals surface area contributed by atoms with Gasteiger partial charge in [0.05, 0.1) is 6.61 Å². The van der Waals surface area contributed by atoms with E-state index in [0.717, 1.165) is 12.8 Å². The lowest BCUT2D eigenvalue weighted by Gasteiger charge is -2.16. The maximum atomic E-state index is 11.2. The molecule has 0 aliphatic carbocycles. The summed E-state index contributed by atoms with van der Waals surface area (Å²) in [5.41, 5.74) is 0. The Hall–Kier alpha value is -1.63. The third kappa shape index (κ3) is 6.57. The summed E-state index contributed by atoms with van der Waals surface area (Å²) >= 11 is 5.80. The van der Waals surface area contributed by atoms with Crippen molar-refractivity contribution in [2.75, 3.05) is 11.9 Å². The Morgan fingerprint density at radius 2 is 2.10 bits per heavy atom. The number of ether oxygens (including phenoxy) is 1. The summed E-state index contributed by atoms with van der Waals surface area (Å²) in [5.74, 6) is -0.639. The van der Waals surface area contributed by atoms with Gasteiger partial charge in [0.1, 0.15) is 6.04 Å². The number of halogens is 1. The molecule has 0 fully saturated rings. The second-order valence-corrected chi connectivity index (χ2v) is 5.42. The van der Waals surface area contributed by atoms with E-state index < -0.39 is 12.0 Å². The van der Waals surface area contributed by atoms with Gasteiger partial charge in [0.15, 0.2) is 0 Å². The van der Waals surface area contributed by atoms with Crippen LogP contribution < -0.4 is 10.1 Å². The molecule has 0 radical (unpaired) electrons. The van der Waals surface area contributed by atoms with Gasteiger partial charge >= 0.3 is 12.0 Å². The van der Waals surface area contributed by atoms with Gasteiger partial charge in [0, 0.05) is 0 Å². The summed E-state index contributed by atoms with van der Waals surface area (Å²) in [6.45, 7) is 6.40. The zero-order chi connectivity index (χ0) is 15.8. The molecule has 1 atom stereocenters. The van der Waals surface area contributed by atoms with Crippen LogP contribution in [0.3, 0.4) is 0 Å². The molecule has 118 valence electrons. The number of carboxylic acid groups (broad SMARTS) is 1. The minimum atomic E-state index is -0.964. The largest absolute Gasteiger partial charge is 0.480 e. The van der Waals surface area contributed by atoms with Gasteiger partial charge in [0.2, 0.25) is 11.2 Å². The zero-order valence-corrected chi connectivity index (χ0v) is 13.2. The lowest BCUT2D eigenvalue weighted by Crippen LogP contribution is -2.31. The fraction of sp³-hybridized carbons (Fsp3) is 0.692. The van der Waals surface area contributed by atoms with E-state index in [2.05, 4.69) is 20.3 Å². The summed E-state index contributed by atoms with van der Waals surface area (Å²) in [5, 5.41) is 11.9. The van der Waals surface area contributed by atoms with Crippen molar-refractivity contribution in [3.8, 4) is 6.01 Å². The second kappa shape index (κ2) is 8.61. The van der Waals surface area contributed by atoms with Crippen molar-refractivity contribution in [2.45, 2.75) is 46.1 Å². The maximum Gasteiger partial charge on any atom is 0.326 e. The predicted molar refractivity (Wildman–Crippen MR) is 79.7 cm³/mol. The van der Waals surface area contributed by atoms with E-state index in [-0.39, 0.29) is 23.2 Å². The Labute approximate surface area is 129 Å². The maximum absolute atomic E-state index is 11.2. The van der Waals surface area contributed by atoms with Crippen molar-refractivity contribution in [3.63, 3.8) is 0 Å². The number of nitrogens with one attached hydrogen (secondary N) is 1. The fourth-order valence-electron chi connectivity index (χ4n) is 1.62. The summed E-state index contributed by atoms with van der Waals surface area (Å²) in [6, 6.07) is -0.688. The van der Waals surface area contributed by atoms with Gasteiger partial charge < -0.3 is 15.2 Å². The SMILES string of the molecule is CCCCOc1nc(Cl)nc(N[C@@H](CC(C)C)C(=O)O)n1. The normalized spacial score (nSPS) is 12.2. The molecule has 21 heavy (non-hydrogen) atoms. The van der Waals surface area contributed by atoms with E-state index in [1.807, 2.05) is 20.8 Å². The highest BCUT2D eigenvalue weighted by molar-refractivity contribution is 6.28. The molecule has 0 aromatic carbocycles. The number of hydrogen-bond acceptors (Lipinski definition) is 6. The number of carboxylic acids is 1. The van der Waals surface area contributed by atoms with Gasteiger partial charge in [-0.15, -0.1) is 0 Å². The fourth-order valence-corrected chi connectivity index (χ4v) is 1.77. The Bertz CT molecular complexity index is 471. The first-order valence-corrected chi connectivity index (χ1v) is 7.33. The summed E-state index contributed by atoms with van der Waals surface area (Å²) in [7, 11) is 0. The number of nitrogens with zero attached hydrogens (tertiary/aromatic N) is 3. The van der Waals surface area contributed by atoms with Crippen LogP contribution in [0.25, 0.3) is 0 Å². The number of aromatic nitrogens is 3. The monoisotopic (exact) mass is 316 g/mol. The van der Waals surface area contributed by atoms with Gasteiger partial charge in [-0.3, -0.25) is 0 Å². The van der Waals surface area contributed by atoms with E-state index in [0.29, 0.717) is 13.0 Å². The number of anilines is 1. The van der Waals surface area contributed by atoms with E-state index in [9.17, 15) is 9.90 Å². The number of aliphatic carboxylic acids is 1. The number of carbonyl (C=O) groups is 1. The molecule has 0 bridgehead atoms. The number of rotatable bonds is 9. The molecule has 2 N–H and O–H groups in total. The first kappa shape index (κ1) is 17.4. The van der Waals surface area contributed by atoms with Crippen LogP contribution in [0.4, 0.5) is 5.95 Å². The van der Waals surface area contributed by atoms with Crippen LogP contribution in [-0.4, -0.2) is 38.7 Å². The van der Waals surface area contributed by atoms with Crippen molar-refractivity contribution in [2.24, 2.45) is 5.92 Å². The number of unbranched alkanes of at least 4 members (excludes halogenated alkanes) is 1. The first-order valence-electron chi connectivity index (χ1n) is 6.96. The predicted octanol–water partition coefficient (Wildman–Crippen LogP) is 2.62. The van der Waals surface area contributed by atoms with Crippen molar-refractivity contribution in [1.29, 1.82) is 0 Å². The van der Waals surface area contributed by atoms with Crippen molar-refractivity contribution < 1.29 is 14.6 Å². The third-order valence-electron chi connectivity index (χ3n) is 2.63. The van der Waals surface area contributed by atoms with Gasteiger partial charge in [0.25, 0.3) is 0 Å². The van der Waals surface area contributed by atoms with Crippen LogP contribution in [0.2, 0.25) is 5.28 Å². The molecule has 0 aliphatic heterocycles. The summed E-state index contributed by atoms with van der Waals surface area (Å²) < 4.78 is 5.36. The molecular formula is C13H21ClN4O3. The topological polar surface area (TPSA) is 97.2 Å².